The van der Waals surface area contributed by atoms with Gasteiger partial charge in [-0.25, -0.2) is 0 Å². The molecule has 1 aromatic heterocycles. The summed E-state index contributed by atoms with van der Waals surface area (Å²) < 4.78 is 0. The molecule has 1 nitrogen and oxygen atoms in total. The van der Waals surface area contributed by atoms with Gasteiger partial charge in [0.1, 0.15) is 0 Å². The van der Waals surface area contributed by atoms with Crippen LogP contribution in [0.25, 0.3) is 0 Å². The lowest BCUT2D eigenvalue weighted by Crippen LogP contribution is -2.28. The minimum atomic E-state index is 0.496. The van der Waals surface area contributed by atoms with Crippen molar-refractivity contribution < 1.29 is 0 Å². The monoisotopic (exact) mass is 271 g/mol. The van der Waals surface area contributed by atoms with Crippen molar-refractivity contribution in [3.8, 4) is 0 Å². The lowest BCUT2D eigenvalue weighted by atomic mass is 9.87. The minimum absolute atomic E-state index is 0.496. The summed E-state index contributed by atoms with van der Waals surface area (Å²) in [6.07, 6.45) is 4.96. The molecule has 1 aliphatic carbocycles. The Hall–Kier alpha value is -1.12. The van der Waals surface area contributed by atoms with Gasteiger partial charge in [0.25, 0.3) is 0 Å². The van der Waals surface area contributed by atoms with E-state index in [0.29, 0.717) is 12.1 Å². The summed E-state index contributed by atoms with van der Waals surface area (Å²) in [4.78, 5) is 1.46. The van der Waals surface area contributed by atoms with Crippen LogP contribution in [0.15, 0.2) is 41.8 Å². The Balaban J connectivity index is 1.80. The molecule has 2 heteroatoms. The maximum Gasteiger partial charge on any atom is 0.0417 e. The molecule has 2 aromatic rings. The van der Waals surface area contributed by atoms with Crippen LogP contribution >= 0.6 is 11.3 Å². The molecule has 0 saturated heterocycles. The standard InChI is InChI=1S/C17H21NS/c1-2-15(17-11-6-12-19-17)18-16-10-5-8-13-7-3-4-9-14(13)16/h3-4,6-7,9,11-12,15-16,18H,2,5,8,10H2,1H3. The first-order valence-electron chi connectivity index (χ1n) is 7.25. The van der Waals surface area contributed by atoms with Crippen molar-refractivity contribution in [3.05, 3.63) is 57.8 Å². The zero-order valence-corrected chi connectivity index (χ0v) is 12.2. The maximum absolute atomic E-state index is 3.87. The van der Waals surface area contributed by atoms with E-state index in [0.717, 1.165) is 6.42 Å². The van der Waals surface area contributed by atoms with E-state index >= 15 is 0 Å². The normalized spacial score (nSPS) is 19.9. The molecular weight excluding hydrogens is 250 g/mol. The highest BCUT2D eigenvalue weighted by atomic mass is 32.1. The van der Waals surface area contributed by atoms with Crippen molar-refractivity contribution in [1.29, 1.82) is 0 Å². The molecule has 1 aliphatic rings. The van der Waals surface area contributed by atoms with E-state index in [1.807, 2.05) is 11.3 Å². The van der Waals surface area contributed by atoms with Crippen LogP contribution in [0.2, 0.25) is 0 Å². The van der Waals surface area contributed by atoms with Crippen LogP contribution in [0.4, 0.5) is 0 Å². The fraction of sp³-hybridized carbons (Fsp3) is 0.412. The molecule has 0 aliphatic heterocycles. The van der Waals surface area contributed by atoms with E-state index in [4.69, 9.17) is 0 Å². The molecular formula is C17H21NS. The van der Waals surface area contributed by atoms with Crippen LogP contribution in [0.1, 0.15) is 54.3 Å². The molecule has 0 fully saturated rings. The summed E-state index contributed by atoms with van der Waals surface area (Å²) in [5, 5.41) is 6.05. The summed E-state index contributed by atoms with van der Waals surface area (Å²) in [5.41, 5.74) is 3.05. The Bertz CT molecular complexity index is 518. The van der Waals surface area contributed by atoms with Gasteiger partial charge in [-0.2, -0.15) is 0 Å². The highest BCUT2D eigenvalue weighted by Crippen LogP contribution is 2.33. The van der Waals surface area contributed by atoms with Crippen molar-refractivity contribution in [2.24, 2.45) is 0 Å². The largest absolute Gasteiger partial charge is 0.302 e. The van der Waals surface area contributed by atoms with Crippen molar-refractivity contribution >= 4 is 11.3 Å². The number of benzene rings is 1. The number of nitrogens with one attached hydrogen (secondary N) is 1. The van der Waals surface area contributed by atoms with Crippen molar-refractivity contribution in [2.45, 2.75) is 44.7 Å². The second-order valence-corrected chi connectivity index (χ2v) is 6.27. The second kappa shape index (κ2) is 5.89. The SMILES string of the molecule is CCC(NC1CCCc2ccccc21)c1cccs1. The number of aryl methyl sites for hydroxylation is 1. The molecule has 1 N–H and O–H groups in total. The van der Waals surface area contributed by atoms with Crippen LogP contribution in [-0.4, -0.2) is 0 Å². The van der Waals surface area contributed by atoms with Crippen LogP contribution in [0, 0.1) is 0 Å². The summed E-state index contributed by atoms with van der Waals surface area (Å²) >= 11 is 1.86. The van der Waals surface area contributed by atoms with Crippen molar-refractivity contribution in [1.82, 2.24) is 5.32 Å². The molecule has 1 heterocycles. The second-order valence-electron chi connectivity index (χ2n) is 5.29. The van der Waals surface area contributed by atoms with Gasteiger partial charge < -0.3 is 5.32 Å². The first-order chi connectivity index (χ1) is 9.38. The quantitative estimate of drug-likeness (QED) is 0.837. The Labute approximate surface area is 119 Å². The topological polar surface area (TPSA) is 12.0 Å². The Morgan fingerprint density at radius 2 is 2.16 bits per heavy atom. The molecule has 2 unspecified atom stereocenters. The molecule has 0 bridgehead atoms. The van der Waals surface area contributed by atoms with Crippen LogP contribution < -0.4 is 5.32 Å². The van der Waals surface area contributed by atoms with Crippen LogP contribution in [0.3, 0.4) is 0 Å². The van der Waals surface area contributed by atoms with Gasteiger partial charge in [0, 0.05) is 17.0 Å². The number of fused-ring (bicyclic) bond motifs is 1. The fourth-order valence-corrected chi connectivity index (χ4v) is 3.93. The molecule has 0 amide bonds. The molecule has 3 rings (SSSR count). The zero-order valence-electron chi connectivity index (χ0n) is 11.4. The van der Waals surface area contributed by atoms with Gasteiger partial charge in [-0.3, -0.25) is 0 Å². The lowest BCUT2D eigenvalue weighted by Gasteiger charge is -2.30. The van der Waals surface area contributed by atoms with E-state index in [1.165, 1.54) is 35.3 Å². The molecule has 0 spiro atoms. The smallest absolute Gasteiger partial charge is 0.0417 e. The van der Waals surface area contributed by atoms with Gasteiger partial charge >= 0.3 is 0 Å². The Kier molecular flexibility index (Phi) is 4.00. The predicted octanol–water partition coefficient (Wildman–Crippen LogP) is 4.87. The average molecular weight is 271 g/mol. The predicted molar refractivity (Wildman–Crippen MR) is 82.6 cm³/mol. The third-order valence-corrected chi connectivity index (χ3v) is 5.05. The maximum atomic E-state index is 3.87. The number of hydrogen-bond acceptors (Lipinski definition) is 2. The molecule has 0 saturated carbocycles. The fourth-order valence-electron chi connectivity index (χ4n) is 3.06. The van der Waals surface area contributed by atoms with Gasteiger partial charge in [-0.1, -0.05) is 37.3 Å². The summed E-state index contributed by atoms with van der Waals surface area (Å²) in [7, 11) is 0. The lowest BCUT2D eigenvalue weighted by molar-refractivity contribution is 0.396. The van der Waals surface area contributed by atoms with E-state index in [2.05, 4.69) is 54.0 Å². The van der Waals surface area contributed by atoms with Crippen molar-refractivity contribution in [3.63, 3.8) is 0 Å². The third-order valence-electron chi connectivity index (χ3n) is 4.07. The van der Waals surface area contributed by atoms with Crippen LogP contribution in [-0.2, 0) is 6.42 Å². The van der Waals surface area contributed by atoms with E-state index in [-0.39, 0.29) is 0 Å². The van der Waals surface area contributed by atoms with Gasteiger partial charge in [0.2, 0.25) is 0 Å². The molecule has 100 valence electrons. The van der Waals surface area contributed by atoms with Gasteiger partial charge in [0.05, 0.1) is 0 Å². The first-order valence-corrected chi connectivity index (χ1v) is 8.13. The van der Waals surface area contributed by atoms with E-state index < -0.39 is 0 Å². The van der Waals surface area contributed by atoms with Gasteiger partial charge in [0.15, 0.2) is 0 Å². The zero-order chi connectivity index (χ0) is 13.1. The number of hydrogen-bond donors (Lipinski definition) is 1. The van der Waals surface area contributed by atoms with E-state index in [9.17, 15) is 0 Å². The molecule has 2 atom stereocenters. The van der Waals surface area contributed by atoms with Gasteiger partial charge in [-0.05, 0) is 48.3 Å². The van der Waals surface area contributed by atoms with Gasteiger partial charge in [-0.15, -0.1) is 11.3 Å². The molecule has 0 radical (unpaired) electrons. The van der Waals surface area contributed by atoms with Crippen molar-refractivity contribution in [2.75, 3.05) is 0 Å². The Morgan fingerprint density at radius 3 is 2.95 bits per heavy atom. The number of thiophene rings is 1. The molecule has 19 heavy (non-hydrogen) atoms. The minimum Gasteiger partial charge on any atom is -0.302 e. The summed E-state index contributed by atoms with van der Waals surface area (Å²) in [5.74, 6) is 0. The summed E-state index contributed by atoms with van der Waals surface area (Å²) in [6.45, 7) is 2.27. The Morgan fingerprint density at radius 1 is 1.26 bits per heavy atom. The summed E-state index contributed by atoms with van der Waals surface area (Å²) in [6, 6.07) is 14.3. The highest BCUT2D eigenvalue weighted by Gasteiger charge is 2.22. The highest BCUT2D eigenvalue weighted by molar-refractivity contribution is 7.10. The molecule has 1 aromatic carbocycles. The van der Waals surface area contributed by atoms with Crippen LogP contribution in [0.5, 0.6) is 0 Å². The van der Waals surface area contributed by atoms with E-state index in [1.54, 1.807) is 0 Å². The average Bonchev–Trinajstić information content (AvgIpc) is 2.99. The number of rotatable bonds is 4. The third kappa shape index (κ3) is 2.75. The first kappa shape index (κ1) is 12.9.